The van der Waals surface area contributed by atoms with E-state index < -0.39 is 0 Å². The molecule has 0 aliphatic carbocycles. The Hall–Kier alpha value is -4.66. The number of nitrogens with one attached hydrogen (secondary N) is 1. The first-order chi connectivity index (χ1) is 17.2. The predicted molar refractivity (Wildman–Crippen MR) is 135 cm³/mol. The van der Waals surface area contributed by atoms with Crippen molar-refractivity contribution in [3.63, 3.8) is 0 Å². The molecule has 2 aromatic carbocycles. The second kappa shape index (κ2) is 8.94. The van der Waals surface area contributed by atoms with E-state index >= 15 is 0 Å². The topological polar surface area (TPSA) is 98.7 Å². The maximum atomic E-state index is 4.74. The van der Waals surface area contributed by atoms with Gasteiger partial charge in [-0.25, -0.2) is 14.6 Å². The standard InChI is InChI=1S/C26H23N9/c1-18(19-7-3-2-4-8-19)30-26-28-14-12-25(31-26)34-17-29-22-11-10-20(15-24(22)34)35-16-23(32-33-35)21-9-5-6-13-27-21/h2-4,6-8,10-18H,5,9H2,1H3,(H,28,30,31)/t18-/m0/s1. The first-order valence-corrected chi connectivity index (χ1v) is 11.5. The molecular formula is C26H23N9. The fraction of sp³-hybridized carbons (Fsp3) is 0.154. The average molecular weight is 462 g/mol. The molecule has 0 bridgehead atoms. The second-order valence-electron chi connectivity index (χ2n) is 8.35. The molecule has 0 amide bonds. The SMILES string of the molecule is C[C@H](Nc1nccc(-n2cnc3ccc(-n4cc(C5=NC=CCC5)nn4)cc32)n1)c1ccccc1. The zero-order valence-electron chi connectivity index (χ0n) is 19.2. The Bertz CT molecular complexity index is 1550. The summed E-state index contributed by atoms with van der Waals surface area (Å²) in [5.74, 6) is 1.28. The minimum Gasteiger partial charge on any atom is -0.348 e. The van der Waals surface area contributed by atoms with Crippen LogP contribution in [0.25, 0.3) is 22.5 Å². The molecule has 0 radical (unpaired) electrons. The Morgan fingerprint density at radius 3 is 2.80 bits per heavy atom. The van der Waals surface area contributed by atoms with Crippen molar-refractivity contribution in [2.45, 2.75) is 25.8 Å². The van der Waals surface area contributed by atoms with Crippen LogP contribution in [0.2, 0.25) is 0 Å². The third-order valence-corrected chi connectivity index (χ3v) is 6.00. The smallest absolute Gasteiger partial charge is 0.225 e. The van der Waals surface area contributed by atoms with Gasteiger partial charge in [-0.2, -0.15) is 4.98 Å². The van der Waals surface area contributed by atoms with E-state index in [4.69, 9.17) is 4.98 Å². The largest absolute Gasteiger partial charge is 0.348 e. The van der Waals surface area contributed by atoms with Gasteiger partial charge in [-0.3, -0.25) is 9.56 Å². The molecule has 6 rings (SSSR count). The van der Waals surface area contributed by atoms with Crippen molar-refractivity contribution in [2.75, 3.05) is 5.32 Å². The Kier molecular flexibility index (Phi) is 5.34. The minimum atomic E-state index is 0.0726. The summed E-state index contributed by atoms with van der Waals surface area (Å²) >= 11 is 0. The molecular weight excluding hydrogens is 438 g/mol. The van der Waals surface area contributed by atoms with Crippen LogP contribution in [0.15, 0.2) is 90.6 Å². The van der Waals surface area contributed by atoms with Crippen LogP contribution in [-0.2, 0) is 0 Å². The lowest BCUT2D eigenvalue weighted by molar-refractivity contribution is 0.802. The van der Waals surface area contributed by atoms with Gasteiger partial charge in [0.1, 0.15) is 17.8 Å². The van der Waals surface area contributed by atoms with Gasteiger partial charge in [-0.1, -0.05) is 41.6 Å². The maximum absolute atomic E-state index is 4.74. The molecule has 35 heavy (non-hydrogen) atoms. The van der Waals surface area contributed by atoms with Gasteiger partial charge >= 0.3 is 0 Å². The quantitative estimate of drug-likeness (QED) is 0.395. The van der Waals surface area contributed by atoms with Crippen molar-refractivity contribution in [3.05, 3.63) is 96.9 Å². The molecule has 9 nitrogen and oxygen atoms in total. The van der Waals surface area contributed by atoms with Crippen molar-refractivity contribution in [1.82, 2.24) is 34.5 Å². The van der Waals surface area contributed by atoms with Crippen LogP contribution in [0, 0.1) is 0 Å². The van der Waals surface area contributed by atoms with Crippen molar-refractivity contribution in [3.8, 4) is 11.5 Å². The van der Waals surface area contributed by atoms with Crippen molar-refractivity contribution in [2.24, 2.45) is 4.99 Å². The number of rotatable bonds is 6. The third kappa shape index (κ3) is 4.19. The zero-order valence-corrected chi connectivity index (χ0v) is 19.2. The molecule has 3 aromatic heterocycles. The lowest BCUT2D eigenvalue weighted by Gasteiger charge is -2.14. The predicted octanol–water partition coefficient (Wildman–Crippen LogP) is 4.67. The van der Waals surface area contributed by atoms with Crippen LogP contribution in [0.4, 0.5) is 5.95 Å². The monoisotopic (exact) mass is 461 g/mol. The summed E-state index contributed by atoms with van der Waals surface area (Å²) in [6.07, 6.45) is 11.2. The van der Waals surface area contributed by atoms with Crippen LogP contribution < -0.4 is 5.32 Å². The number of aromatic nitrogens is 7. The van der Waals surface area contributed by atoms with Crippen LogP contribution in [0.1, 0.15) is 37.1 Å². The number of anilines is 1. The van der Waals surface area contributed by atoms with Gasteiger partial charge in [-0.05, 0) is 49.6 Å². The number of fused-ring (bicyclic) bond motifs is 1. The summed E-state index contributed by atoms with van der Waals surface area (Å²) in [5, 5.41) is 12.0. The molecule has 1 atom stereocenters. The van der Waals surface area contributed by atoms with E-state index in [0.29, 0.717) is 5.95 Å². The fourth-order valence-corrected chi connectivity index (χ4v) is 4.11. The molecule has 9 heteroatoms. The highest BCUT2D eigenvalue weighted by Gasteiger charge is 2.13. The number of aliphatic imine (C=N–C) groups is 1. The summed E-state index contributed by atoms with van der Waals surface area (Å²) in [6, 6.07) is 18.2. The van der Waals surface area contributed by atoms with E-state index in [1.165, 1.54) is 5.56 Å². The molecule has 1 aliphatic heterocycles. The van der Waals surface area contributed by atoms with Gasteiger partial charge in [-0.15, -0.1) is 5.10 Å². The number of benzene rings is 2. The summed E-state index contributed by atoms with van der Waals surface area (Å²) < 4.78 is 3.72. The maximum Gasteiger partial charge on any atom is 0.225 e. The third-order valence-electron chi connectivity index (χ3n) is 6.00. The van der Waals surface area contributed by atoms with Gasteiger partial charge in [0, 0.05) is 12.4 Å². The summed E-state index contributed by atoms with van der Waals surface area (Å²) in [5.41, 5.74) is 5.58. The normalized spacial score (nSPS) is 14.1. The van der Waals surface area contributed by atoms with Crippen LogP contribution in [0.5, 0.6) is 0 Å². The van der Waals surface area contributed by atoms with Crippen molar-refractivity contribution >= 4 is 22.7 Å². The molecule has 0 fully saturated rings. The number of nitrogens with zero attached hydrogens (tertiary/aromatic N) is 8. The highest BCUT2D eigenvalue weighted by atomic mass is 15.4. The van der Waals surface area contributed by atoms with E-state index in [-0.39, 0.29) is 6.04 Å². The molecule has 1 aliphatic rings. The Morgan fingerprint density at radius 2 is 1.94 bits per heavy atom. The summed E-state index contributed by atoms with van der Waals surface area (Å²) in [7, 11) is 0. The van der Waals surface area contributed by atoms with Crippen LogP contribution >= 0.6 is 0 Å². The average Bonchev–Trinajstić information content (AvgIpc) is 3.57. The molecule has 0 spiro atoms. The molecule has 5 aromatic rings. The van der Waals surface area contributed by atoms with Crippen molar-refractivity contribution < 1.29 is 0 Å². The van der Waals surface area contributed by atoms with Crippen molar-refractivity contribution in [1.29, 1.82) is 0 Å². The van der Waals surface area contributed by atoms with E-state index in [1.54, 1.807) is 17.2 Å². The molecule has 0 saturated heterocycles. The number of hydrogen-bond acceptors (Lipinski definition) is 7. The first-order valence-electron chi connectivity index (χ1n) is 11.5. The van der Waals surface area contributed by atoms with Gasteiger partial charge in [0.2, 0.25) is 5.95 Å². The van der Waals surface area contributed by atoms with Crippen LogP contribution in [0.3, 0.4) is 0 Å². The second-order valence-corrected chi connectivity index (χ2v) is 8.35. The lowest BCUT2D eigenvalue weighted by atomic mass is 10.1. The zero-order chi connectivity index (χ0) is 23.6. The minimum absolute atomic E-state index is 0.0726. The highest BCUT2D eigenvalue weighted by molar-refractivity contribution is 5.99. The molecule has 0 unspecified atom stereocenters. The van der Waals surface area contributed by atoms with E-state index in [9.17, 15) is 0 Å². The molecule has 1 N–H and O–H groups in total. The lowest BCUT2D eigenvalue weighted by Crippen LogP contribution is -2.10. The Balaban J connectivity index is 1.31. The molecule has 4 heterocycles. The highest BCUT2D eigenvalue weighted by Crippen LogP contribution is 2.22. The van der Waals surface area contributed by atoms with E-state index in [1.807, 2.05) is 59.4 Å². The Morgan fingerprint density at radius 1 is 1.03 bits per heavy atom. The summed E-state index contributed by atoms with van der Waals surface area (Å²) in [6.45, 7) is 2.09. The van der Waals surface area contributed by atoms with E-state index in [2.05, 4.69) is 55.7 Å². The summed E-state index contributed by atoms with van der Waals surface area (Å²) in [4.78, 5) is 18.1. The van der Waals surface area contributed by atoms with Gasteiger partial charge in [0.05, 0.1) is 34.7 Å². The number of imidazole rings is 1. The van der Waals surface area contributed by atoms with Crippen LogP contribution in [-0.4, -0.2) is 40.2 Å². The fourth-order valence-electron chi connectivity index (χ4n) is 4.11. The number of allylic oxidation sites excluding steroid dienone is 1. The number of hydrogen-bond donors (Lipinski definition) is 1. The van der Waals surface area contributed by atoms with E-state index in [0.717, 1.165) is 46.8 Å². The van der Waals surface area contributed by atoms with Gasteiger partial charge in [0.25, 0.3) is 0 Å². The first kappa shape index (κ1) is 20.9. The molecule has 0 saturated carbocycles. The van der Waals surface area contributed by atoms with Gasteiger partial charge < -0.3 is 5.32 Å². The molecule has 172 valence electrons. The Labute approximate surface area is 201 Å². The van der Waals surface area contributed by atoms with Gasteiger partial charge in [0.15, 0.2) is 0 Å².